The summed E-state index contributed by atoms with van der Waals surface area (Å²) < 4.78 is 10.3. The Morgan fingerprint density at radius 1 is 1.62 bits per heavy atom. The zero-order chi connectivity index (χ0) is 9.31. The lowest BCUT2D eigenvalue weighted by Crippen LogP contribution is -2.37. The van der Waals surface area contributed by atoms with Crippen LogP contribution in [0.5, 0.6) is 0 Å². The zero-order valence-electron chi connectivity index (χ0n) is 7.62. The van der Waals surface area contributed by atoms with Crippen LogP contribution in [0, 0.1) is 0 Å². The Balaban J connectivity index is 2.27. The number of ether oxygens (including phenoxy) is 1. The number of methoxy groups -OCH3 is 1. The van der Waals surface area contributed by atoms with Crippen molar-refractivity contribution in [2.45, 2.75) is 24.9 Å². The summed E-state index contributed by atoms with van der Waals surface area (Å²) in [5.74, 6) is 1.11. The second-order valence-electron chi connectivity index (χ2n) is 3.21. The molecule has 0 amide bonds. The molecule has 0 aromatic carbocycles. The van der Waals surface area contributed by atoms with Crippen LogP contribution in [-0.2, 0) is 10.3 Å². The van der Waals surface area contributed by atoms with E-state index in [1.165, 1.54) is 0 Å². The largest absolute Gasteiger partial charge is 0.370 e. The van der Waals surface area contributed by atoms with E-state index in [0.717, 1.165) is 19.3 Å². The minimum absolute atomic E-state index is 0.287. The summed E-state index contributed by atoms with van der Waals surface area (Å²) in [5.41, 5.74) is -0.287. The molecule has 4 heteroatoms. The molecule has 0 N–H and O–H groups in total. The summed E-state index contributed by atoms with van der Waals surface area (Å²) >= 11 is 0. The zero-order valence-corrected chi connectivity index (χ0v) is 7.62. The Morgan fingerprint density at radius 2 is 2.38 bits per heavy atom. The Labute approximate surface area is 76.6 Å². The van der Waals surface area contributed by atoms with Gasteiger partial charge in [0, 0.05) is 7.11 Å². The molecule has 70 valence electrons. The molecule has 4 nitrogen and oxygen atoms in total. The first-order chi connectivity index (χ1) is 6.30. The van der Waals surface area contributed by atoms with E-state index in [-0.39, 0.29) is 5.60 Å². The lowest BCUT2D eigenvalue weighted by molar-refractivity contribution is -0.0858. The third kappa shape index (κ3) is 1.18. The molecule has 1 fully saturated rings. The second kappa shape index (κ2) is 2.96. The molecule has 1 aromatic heterocycles. The molecule has 1 aliphatic carbocycles. The number of hydrogen-bond acceptors (Lipinski definition) is 4. The number of rotatable bonds is 3. The fraction of sp³-hybridized carbons (Fsp3) is 0.556. The average molecular weight is 180 g/mol. The molecule has 1 heterocycles. The lowest BCUT2D eigenvalue weighted by atomic mass is 9.79. The highest BCUT2D eigenvalue weighted by Crippen LogP contribution is 2.42. The van der Waals surface area contributed by atoms with Crippen molar-refractivity contribution in [2.24, 2.45) is 0 Å². The lowest BCUT2D eigenvalue weighted by Gasteiger charge is -2.37. The summed E-state index contributed by atoms with van der Waals surface area (Å²) in [6.45, 7) is 3.56. The van der Waals surface area contributed by atoms with Crippen LogP contribution < -0.4 is 0 Å². The highest BCUT2D eigenvalue weighted by Gasteiger charge is 2.43. The van der Waals surface area contributed by atoms with Gasteiger partial charge in [-0.25, -0.2) is 0 Å². The van der Waals surface area contributed by atoms with Gasteiger partial charge in [0.05, 0.1) is 0 Å². The Morgan fingerprint density at radius 3 is 2.77 bits per heavy atom. The van der Waals surface area contributed by atoms with Gasteiger partial charge in [0.1, 0.15) is 5.60 Å². The van der Waals surface area contributed by atoms with Crippen LogP contribution in [0.25, 0.3) is 6.08 Å². The fourth-order valence-electron chi connectivity index (χ4n) is 1.52. The quantitative estimate of drug-likeness (QED) is 0.710. The van der Waals surface area contributed by atoms with Gasteiger partial charge in [-0.05, 0) is 25.3 Å². The summed E-state index contributed by atoms with van der Waals surface area (Å²) in [7, 11) is 1.68. The standard InChI is InChI=1S/C9H12N2O2/c1-3-7-10-8(11-13-7)9(12-2)5-4-6-9/h3H,1,4-6H2,2H3. The van der Waals surface area contributed by atoms with Crippen molar-refractivity contribution >= 4 is 6.08 Å². The van der Waals surface area contributed by atoms with Crippen molar-refractivity contribution in [3.63, 3.8) is 0 Å². The van der Waals surface area contributed by atoms with Crippen molar-refractivity contribution in [3.05, 3.63) is 18.3 Å². The van der Waals surface area contributed by atoms with Crippen LogP contribution in [-0.4, -0.2) is 17.3 Å². The molecule has 0 atom stereocenters. The fourth-order valence-corrected chi connectivity index (χ4v) is 1.52. The number of nitrogens with zero attached hydrogens (tertiary/aromatic N) is 2. The van der Waals surface area contributed by atoms with Crippen molar-refractivity contribution < 1.29 is 9.26 Å². The second-order valence-corrected chi connectivity index (χ2v) is 3.21. The highest BCUT2D eigenvalue weighted by atomic mass is 16.5. The van der Waals surface area contributed by atoms with Crippen LogP contribution in [0.15, 0.2) is 11.1 Å². The monoisotopic (exact) mass is 180 g/mol. The summed E-state index contributed by atoms with van der Waals surface area (Å²) in [4.78, 5) is 4.17. The number of hydrogen-bond donors (Lipinski definition) is 0. The molecular formula is C9H12N2O2. The molecule has 1 saturated carbocycles. The van der Waals surface area contributed by atoms with Gasteiger partial charge in [0.15, 0.2) is 0 Å². The van der Waals surface area contributed by atoms with Gasteiger partial charge in [0.25, 0.3) is 0 Å². The first-order valence-corrected chi connectivity index (χ1v) is 4.32. The van der Waals surface area contributed by atoms with E-state index in [9.17, 15) is 0 Å². The number of aromatic nitrogens is 2. The molecule has 13 heavy (non-hydrogen) atoms. The molecule has 1 aromatic rings. The van der Waals surface area contributed by atoms with E-state index in [1.807, 2.05) is 0 Å². The SMILES string of the molecule is C=Cc1nc(C2(OC)CCC2)no1. The maximum atomic E-state index is 5.40. The van der Waals surface area contributed by atoms with Gasteiger partial charge >= 0.3 is 0 Å². The Bertz CT molecular complexity index is 310. The van der Waals surface area contributed by atoms with Gasteiger partial charge in [-0.1, -0.05) is 11.7 Å². The van der Waals surface area contributed by atoms with Gasteiger partial charge in [0.2, 0.25) is 11.7 Å². The minimum atomic E-state index is -0.287. The van der Waals surface area contributed by atoms with Gasteiger partial charge < -0.3 is 9.26 Å². The normalized spacial score (nSPS) is 19.5. The van der Waals surface area contributed by atoms with Crippen molar-refractivity contribution in [1.29, 1.82) is 0 Å². The predicted molar refractivity (Wildman–Crippen MR) is 46.9 cm³/mol. The van der Waals surface area contributed by atoms with Crippen molar-refractivity contribution in [1.82, 2.24) is 10.1 Å². The van der Waals surface area contributed by atoms with Crippen LogP contribution in [0.4, 0.5) is 0 Å². The Kier molecular flexibility index (Phi) is 1.92. The van der Waals surface area contributed by atoms with Crippen LogP contribution in [0.3, 0.4) is 0 Å². The smallest absolute Gasteiger partial charge is 0.250 e. The van der Waals surface area contributed by atoms with Crippen LogP contribution in [0.1, 0.15) is 31.0 Å². The van der Waals surface area contributed by atoms with E-state index in [1.54, 1.807) is 13.2 Å². The van der Waals surface area contributed by atoms with Crippen molar-refractivity contribution in [2.75, 3.05) is 7.11 Å². The molecule has 0 aliphatic heterocycles. The summed E-state index contributed by atoms with van der Waals surface area (Å²) in [6, 6.07) is 0. The first-order valence-electron chi connectivity index (χ1n) is 4.32. The van der Waals surface area contributed by atoms with Gasteiger partial charge in [-0.15, -0.1) is 0 Å². The third-order valence-electron chi connectivity index (χ3n) is 2.58. The van der Waals surface area contributed by atoms with E-state index in [4.69, 9.17) is 9.26 Å². The molecular weight excluding hydrogens is 168 g/mol. The van der Waals surface area contributed by atoms with Crippen molar-refractivity contribution in [3.8, 4) is 0 Å². The van der Waals surface area contributed by atoms with Crippen LogP contribution in [0.2, 0.25) is 0 Å². The summed E-state index contributed by atoms with van der Waals surface area (Å²) in [6.07, 6.45) is 4.64. The Hall–Kier alpha value is -1.16. The van der Waals surface area contributed by atoms with E-state index in [0.29, 0.717) is 11.7 Å². The first kappa shape index (κ1) is 8.44. The highest BCUT2D eigenvalue weighted by molar-refractivity contribution is 5.33. The van der Waals surface area contributed by atoms with E-state index < -0.39 is 0 Å². The summed E-state index contributed by atoms with van der Waals surface area (Å²) in [5, 5.41) is 3.87. The average Bonchev–Trinajstić information content (AvgIpc) is 2.52. The van der Waals surface area contributed by atoms with Gasteiger partial charge in [-0.3, -0.25) is 0 Å². The maximum Gasteiger partial charge on any atom is 0.250 e. The predicted octanol–water partition coefficient (Wildman–Crippen LogP) is 1.74. The maximum absolute atomic E-state index is 5.40. The topological polar surface area (TPSA) is 48.2 Å². The third-order valence-corrected chi connectivity index (χ3v) is 2.58. The molecule has 0 saturated heterocycles. The van der Waals surface area contributed by atoms with Crippen LogP contribution >= 0.6 is 0 Å². The minimum Gasteiger partial charge on any atom is -0.370 e. The van der Waals surface area contributed by atoms with E-state index in [2.05, 4.69) is 16.7 Å². The molecule has 0 unspecified atom stereocenters. The molecule has 0 bridgehead atoms. The molecule has 0 spiro atoms. The van der Waals surface area contributed by atoms with Gasteiger partial charge in [-0.2, -0.15) is 4.98 Å². The molecule has 2 rings (SSSR count). The van der Waals surface area contributed by atoms with E-state index >= 15 is 0 Å². The molecule has 1 aliphatic rings. The molecule has 0 radical (unpaired) electrons.